The first-order valence-electron chi connectivity index (χ1n) is 16.4. The Hall–Kier alpha value is -2.10. The number of fused-ring (bicyclic) bond motifs is 3. The minimum Gasteiger partial charge on any atom is -1.00 e. The molecule has 1 atom stereocenters. The van der Waals surface area contributed by atoms with Crippen LogP contribution in [-0.4, -0.2) is 8.80 Å². The summed E-state index contributed by atoms with van der Waals surface area (Å²) in [4.78, 5) is 0. The van der Waals surface area contributed by atoms with Crippen molar-refractivity contribution >= 4 is 28.2 Å². The predicted octanol–water partition coefficient (Wildman–Crippen LogP) is -0.892. The van der Waals surface area contributed by atoms with Gasteiger partial charge in [-0.15, -0.1) is 0 Å². The van der Waals surface area contributed by atoms with E-state index in [2.05, 4.69) is 181 Å². The Kier molecular flexibility index (Phi) is 12.6. The van der Waals surface area contributed by atoms with E-state index in [0.717, 1.165) is 0 Å². The summed E-state index contributed by atoms with van der Waals surface area (Å²) < 4.78 is 1.47. The second-order valence-corrected chi connectivity index (χ2v) is 19.2. The van der Waals surface area contributed by atoms with Crippen molar-refractivity contribution in [3.63, 3.8) is 0 Å². The van der Waals surface area contributed by atoms with Crippen molar-refractivity contribution in [3.8, 4) is 11.1 Å². The zero-order valence-corrected chi connectivity index (χ0v) is 34.9. The van der Waals surface area contributed by atoms with Crippen LogP contribution in [0.1, 0.15) is 97.5 Å². The molecule has 6 rings (SSSR count). The van der Waals surface area contributed by atoms with Crippen molar-refractivity contribution in [1.29, 1.82) is 0 Å². The summed E-state index contributed by atoms with van der Waals surface area (Å²) in [6, 6.07) is 36.1. The van der Waals surface area contributed by atoms with Crippen LogP contribution in [0, 0.1) is 27.7 Å². The molecule has 0 aliphatic heterocycles. The molecule has 0 radical (unpaired) electrons. The van der Waals surface area contributed by atoms with Crippen molar-refractivity contribution in [2.45, 2.75) is 86.0 Å². The van der Waals surface area contributed by atoms with Gasteiger partial charge in [-0.2, -0.15) is 0 Å². The molecule has 0 nitrogen and oxygen atoms in total. The predicted molar refractivity (Wildman–Crippen MR) is 194 cm³/mol. The van der Waals surface area contributed by atoms with Gasteiger partial charge in [0, 0.05) is 0 Å². The van der Waals surface area contributed by atoms with E-state index in [0.29, 0.717) is 0 Å². The minimum atomic E-state index is -1.79. The number of hydrogen-bond acceptors (Lipinski definition) is 0. The summed E-state index contributed by atoms with van der Waals surface area (Å²) >= 11 is 2.43. The molecule has 0 N–H and O–H groups in total. The molecule has 0 amide bonds. The van der Waals surface area contributed by atoms with Gasteiger partial charge in [-0.25, -0.2) is 0 Å². The molecular weight excluding hydrogens is 699 g/mol. The molecule has 5 heteroatoms. The van der Waals surface area contributed by atoms with E-state index in [4.69, 9.17) is 0 Å². The molecular formula is C43H47Cl3SiTi. The van der Waals surface area contributed by atoms with Gasteiger partial charge in [0.15, 0.2) is 0 Å². The second kappa shape index (κ2) is 15.0. The van der Waals surface area contributed by atoms with Gasteiger partial charge in [0.2, 0.25) is 0 Å². The van der Waals surface area contributed by atoms with E-state index < -0.39 is 8.80 Å². The molecule has 0 spiro atoms. The van der Waals surface area contributed by atoms with Gasteiger partial charge in [-0.05, 0) is 0 Å². The summed E-state index contributed by atoms with van der Waals surface area (Å²) in [7, 11) is -1.79. The number of aryl methyl sites for hydroxylation is 4. The molecule has 5 aromatic carbocycles. The Labute approximate surface area is 321 Å². The van der Waals surface area contributed by atoms with E-state index in [1.165, 1.54) is 75.4 Å². The first-order chi connectivity index (χ1) is 21.1. The Morgan fingerprint density at radius 3 is 1.46 bits per heavy atom. The summed E-state index contributed by atoms with van der Waals surface area (Å²) in [5.41, 5.74) is 15.5. The maximum absolute atomic E-state index is 2.51. The maximum Gasteiger partial charge on any atom is -1.00 e. The Bertz CT molecular complexity index is 1820. The van der Waals surface area contributed by atoms with Crippen LogP contribution in [0.15, 0.2) is 91.0 Å². The Balaban J connectivity index is 0.00000208. The molecule has 0 heterocycles. The van der Waals surface area contributed by atoms with Crippen molar-refractivity contribution < 1.29 is 57.7 Å². The third kappa shape index (κ3) is 7.78. The zero-order valence-electron chi connectivity index (χ0n) is 29.9. The Morgan fingerprint density at radius 1 is 0.542 bits per heavy atom. The fraction of sp³-hybridized carbons (Fsp3) is 0.302. The fourth-order valence-electron chi connectivity index (χ4n) is 7.50. The van der Waals surface area contributed by atoms with Crippen molar-refractivity contribution in [1.82, 2.24) is 0 Å². The minimum absolute atomic E-state index is 0. The molecule has 48 heavy (non-hydrogen) atoms. The van der Waals surface area contributed by atoms with Crippen LogP contribution in [0.2, 0.25) is 0 Å². The van der Waals surface area contributed by atoms with E-state index in [9.17, 15) is 0 Å². The van der Waals surface area contributed by atoms with Crippen LogP contribution in [0.4, 0.5) is 0 Å². The van der Waals surface area contributed by atoms with E-state index in [-0.39, 0.29) is 54.0 Å². The number of halogens is 3. The normalized spacial score (nSPS) is 13.6. The molecule has 0 saturated heterocycles. The van der Waals surface area contributed by atoms with Gasteiger partial charge in [0.25, 0.3) is 0 Å². The average molecular weight is 746 g/mol. The number of hydrogen-bond donors (Lipinski definition) is 0. The SMILES string of the molecule is Cc1cc(C)cc([SiH](c2cc(C)cc(C)c2)c2ccc3c([c]2[Ti+3])C(c2cc(C(C)(C)C)cc(C(C)(C)C)c2)c2ccccc2-3)c1.[Cl-].[Cl-].[Cl-]. The van der Waals surface area contributed by atoms with Crippen LogP contribution in [-0.2, 0) is 31.3 Å². The second-order valence-electron chi connectivity index (χ2n) is 15.6. The largest absolute Gasteiger partial charge is 1.00 e. The van der Waals surface area contributed by atoms with E-state index in [1.807, 2.05) is 0 Å². The van der Waals surface area contributed by atoms with Gasteiger partial charge in [-0.3, -0.25) is 0 Å². The van der Waals surface area contributed by atoms with Gasteiger partial charge in [0.1, 0.15) is 0 Å². The maximum atomic E-state index is 2.51. The zero-order chi connectivity index (χ0) is 32.4. The smallest absolute Gasteiger partial charge is 1.00 e. The molecule has 1 aliphatic rings. The Morgan fingerprint density at radius 2 is 1.00 bits per heavy atom. The monoisotopic (exact) mass is 744 g/mol. The molecule has 1 unspecified atom stereocenters. The number of rotatable bonds is 4. The van der Waals surface area contributed by atoms with Gasteiger partial charge >= 0.3 is 287 Å². The van der Waals surface area contributed by atoms with Gasteiger partial charge < -0.3 is 37.2 Å². The van der Waals surface area contributed by atoms with E-state index in [1.54, 1.807) is 5.19 Å². The average Bonchev–Trinajstić information content (AvgIpc) is 3.27. The van der Waals surface area contributed by atoms with Gasteiger partial charge in [0.05, 0.1) is 0 Å². The first-order valence-corrected chi connectivity index (χ1v) is 18.9. The third-order valence-corrected chi connectivity index (χ3v) is 14.0. The third-order valence-electron chi connectivity index (χ3n) is 9.61. The molecule has 5 aromatic rings. The number of benzene rings is 5. The van der Waals surface area contributed by atoms with E-state index >= 15 is 0 Å². The molecule has 0 fully saturated rings. The van der Waals surface area contributed by atoms with Crippen LogP contribution >= 0.6 is 0 Å². The van der Waals surface area contributed by atoms with Gasteiger partial charge in [-0.1, -0.05) is 0 Å². The standard InChI is InChI=1S/C43H47Si.3ClH.Ti/c1-27-17-28(2)20-35(19-27)44(36-21-29(3)18-30(4)22-36)34-15-16-38-37-13-11-12-14-39(37)41(40(38)26-34)31-23-32(42(5,6)7)25-33(24-31)43(8,9)10;;;;/h11-25,41,44H,1-10H3;3*1H;/q;;;;+3/p-3. The molecule has 0 bridgehead atoms. The topological polar surface area (TPSA) is 0 Å². The van der Waals surface area contributed by atoms with Crippen molar-refractivity contribution in [3.05, 3.63) is 141 Å². The van der Waals surface area contributed by atoms with Crippen LogP contribution < -0.4 is 56.6 Å². The summed E-state index contributed by atoms with van der Waals surface area (Å²) in [6.45, 7) is 23.1. The summed E-state index contributed by atoms with van der Waals surface area (Å²) in [6.07, 6.45) is 0. The summed E-state index contributed by atoms with van der Waals surface area (Å²) in [5, 5.41) is 4.57. The fourth-order valence-corrected chi connectivity index (χ4v) is 12.3. The van der Waals surface area contributed by atoms with Crippen molar-refractivity contribution in [2.24, 2.45) is 0 Å². The quantitative estimate of drug-likeness (QED) is 0.163. The molecule has 1 aliphatic carbocycles. The first kappa shape index (κ1) is 40.3. The molecule has 248 valence electrons. The summed E-state index contributed by atoms with van der Waals surface area (Å²) in [5.74, 6) is 0.215. The van der Waals surface area contributed by atoms with Crippen LogP contribution in [0.5, 0.6) is 0 Å². The molecule has 0 aromatic heterocycles. The molecule has 0 saturated carbocycles. The van der Waals surface area contributed by atoms with Crippen molar-refractivity contribution in [2.75, 3.05) is 0 Å². The van der Waals surface area contributed by atoms with Crippen LogP contribution in [0.3, 0.4) is 0 Å². The van der Waals surface area contributed by atoms with Crippen LogP contribution in [0.25, 0.3) is 11.1 Å².